The second-order valence-electron chi connectivity index (χ2n) is 2.84. The van der Waals surface area contributed by atoms with Crippen molar-refractivity contribution in [2.45, 2.75) is 26.4 Å². The zero-order chi connectivity index (χ0) is 9.35. The van der Waals surface area contributed by atoms with E-state index in [1.807, 2.05) is 13.8 Å². The summed E-state index contributed by atoms with van der Waals surface area (Å²) in [5.41, 5.74) is -0.561. The third-order valence-corrected chi connectivity index (χ3v) is 2.95. The van der Waals surface area contributed by atoms with Gasteiger partial charge in [-0.05, 0) is 20.8 Å². The number of aromatic nitrogens is 1. The molecule has 0 saturated heterocycles. The van der Waals surface area contributed by atoms with E-state index in [9.17, 15) is 5.11 Å². The number of nitrogens with zero attached hydrogens (tertiary/aromatic N) is 2. The zero-order valence-corrected chi connectivity index (χ0v) is 8.07. The van der Waals surface area contributed by atoms with Crippen molar-refractivity contribution in [2.24, 2.45) is 0 Å². The Morgan fingerprint density at radius 1 is 1.58 bits per heavy atom. The average Bonchev–Trinajstić information content (AvgIpc) is 2.33. The molecule has 64 valence electrons. The molecule has 0 aliphatic heterocycles. The van der Waals surface area contributed by atoms with Crippen LogP contribution in [0.1, 0.15) is 22.5 Å². The number of aliphatic hydroxyl groups is 1. The van der Waals surface area contributed by atoms with E-state index in [2.05, 4.69) is 4.98 Å². The van der Waals surface area contributed by atoms with Crippen molar-refractivity contribution in [3.05, 3.63) is 15.6 Å². The van der Waals surface area contributed by atoms with Gasteiger partial charge in [0.15, 0.2) is 5.60 Å². The van der Waals surface area contributed by atoms with Gasteiger partial charge in [0.1, 0.15) is 11.1 Å². The summed E-state index contributed by atoms with van der Waals surface area (Å²) in [4.78, 5) is 5.14. The van der Waals surface area contributed by atoms with Gasteiger partial charge in [-0.1, -0.05) is 0 Å². The Morgan fingerprint density at radius 2 is 2.17 bits per heavy atom. The van der Waals surface area contributed by atoms with E-state index in [0.29, 0.717) is 5.01 Å². The van der Waals surface area contributed by atoms with E-state index < -0.39 is 5.60 Å². The largest absolute Gasteiger partial charge is 0.370 e. The highest BCUT2D eigenvalue weighted by Crippen LogP contribution is 2.26. The van der Waals surface area contributed by atoms with Crippen LogP contribution < -0.4 is 0 Å². The van der Waals surface area contributed by atoms with E-state index in [1.165, 1.54) is 18.3 Å². The molecule has 1 aromatic heterocycles. The molecule has 0 fully saturated rings. The molecule has 1 rings (SSSR count). The minimum absolute atomic E-state index is 0.472. The van der Waals surface area contributed by atoms with Crippen LogP contribution in [0.2, 0.25) is 0 Å². The van der Waals surface area contributed by atoms with Crippen LogP contribution in [0, 0.1) is 25.2 Å². The van der Waals surface area contributed by atoms with Crippen molar-refractivity contribution in [3.63, 3.8) is 0 Å². The molecule has 1 heterocycles. The maximum atomic E-state index is 9.52. The number of hydrogen-bond donors (Lipinski definition) is 1. The van der Waals surface area contributed by atoms with Gasteiger partial charge in [0.2, 0.25) is 0 Å². The standard InChI is InChI=1S/C8H10N2OS/c1-5-6(2)12-7(10-5)8(3,11)4-9/h11H,1-3H3. The molecule has 4 heteroatoms. The van der Waals surface area contributed by atoms with E-state index in [-0.39, 0.29) is 0 Å². The van der Waals surface area contributed by atoms with Crippen molar-refractivity contribution in [1.29, 1.82) is 5.26 Å². The molecule has 0 spiro atoms. The topological polar surface area (TPSA) is 56.9 Å². The molecule has 1 unspecified atom stereocenters. The van der Waals surface area contributed by atoms with Crippen LogP contribution in [-0.4, -0.2) is 10.1 Å². The van der Waals surface area contributed by atoms with Crippen molar-refractivity contribution >= 4 is 11.3 Å². The van der Waals surface area contributed by atoms with Gasteiger partial charge in [0, 0.05) is 4.88 Å². The molecule has 0 amide bonds. The molecular formula is C8H10N2OS. The van der Waals surface area contributed by atoms with E-state index >= 15 is 0 Å². The van der Waals surface area contributed by atoms with Gasteiger partial charge < -0.3 is 5.11 Å². The maximum absolute atomic E-state index is 9.52. The highest BCUT2D eigenvalue weighted by atomic mass is 32.1. The molecule has 0 saturated carbocycles. The van der Waals surface area contributed by atoms with Crippen molar-refractivity contribution in [1.82, 2.24) is 4.98 Å². The summed E-state index contributed by atoms with van der Waals surface area (Å²) in [6.45, 7) is 5.23. The Morgan fingerprint density at radius 3 is 2.50 bits per heavy atom. The molecule has 0 radical (unpaired) electrons. The quantitative estimate of drug-likeness (QED) is 0.669. The summed E-state index contributed by atoms with van der Waals surface area (Å²) >= 11 is 1.36. The van der Waals surface area contributed by atoms with Gasteiger partial charge in [0.05, 0.1) is 5.69 Å². The fourth-order valence-electron chi connectivity index (χ4n) is 0.729. The van der Waals surface area contributed by atoms with Gasteiger partial charge in [0.25, 0.3) is 0 Å². The molecular weight excluding hydrogens is 172 g/mol. The van der Waals surface area contributed by atoms with Crippen LogP contribution in [0.5, 0.6) is 0 Å². The monoisotopic (exact) mass is 182 g/mol. The van der Waals surface area contributed by atoms with E-state index in [1.54, 1.807) is 6.07 Å². The van der Waals surface area contributed by atoms with Crippen molar-refractivity contribution in [3.8, 4) is 6.07 Å². The Hall–Kier alpha value is -0.920. The number of hydrogen-bond acceptors (Lipinski definition) is 4. The maximum Gasteiger partial charge on any atom is 0.200 e. The van der Waals surface area contributed by atoms with Gasteiger partial charge in [-0.15, -0.1) is 11.3 Å². The van der Waals surface area contributed by atoms with Crippen LogP contribution in [0.4, 0.5) is 0 Å². The van der Waals surface area contributed by atoms with E-state index in [4.69, 9.17) is 5.26 Å². The summed E-state index contributed by atoms with van der Waals surface area (Å²) in [5.74, 6) is 0. The fourth-order valence-corrected chi connectivity index (χ4v) is 1.64. The van der Waals surface area contributed by atoms with Gasteiger partial charge in [-0.25, -0.2) is 4.98 Å². The predicted molar refractivity (Wildman–Crippen MR) is 46.8 cm³/mol. The average molecular weight is 182 g/mol. The first-order valence-electron chi connectivity index (χ1n) is 3.55. The third kappa shape index (κ3) is 1.47. The molecule has 0 aliphatic rings. The summed E-state index contributed by atoms with van der Waals surface area (Å²) in [5, 5.41) is 18.6. The van der Waals surface area contributed by atoms with Crippen LogP contribution >= 0.6 is 11.3 Å². The molecule has 0 aromatic carbocycles. The minimum Gasteiger partial charge on any atom is -0.370 e. The summed E-state index contributed by atoms with van der Waals surface area (Å²) in [6.07, 6.45) is 0. The van der Waals surface area contributed by atoms with Gasteiger partial charge in [-0.2, -0.15) is 5.26 Å². The van der Waals surface area contributed by atoms with Crippen LogP contribution in [-0.2, 0) is 5.60 Å². The number of rotatable bonds is 1. The first-order valence-corrected chi connectivity index (χ1v) is 4.37. The summed E-state index contributed by atoms with van der Waals surface area (Å²) in [6, 6.07) is 1.80. The van der Waals surface area contributed by atoms with Crippen LogP contribution in [0.25, 0.3) is 0 Å². The molecule has 1 atom stereocenters. The summed E-state index contributed by atoms with van der Waals surface area (Å²) in [7, 11) is 0. The first kappa shape index (κ1) is 9.17. The number of thiazole rings is 1. The second-order valence-corrected chi connectivity index (χ2v) is 4.05. The molecule has 0 aliphatic carbocycles. The van der Waals surface area contributed by atoms with Gasteiger partial charge in [-0.3, -0.25) is 0 Å². The highest BCUT2D eigenvalue weighted by Gasteiger charge is 2.26. The number of aryl methyl sites for hydroxylation is 2. The lowest BCUT2D eigenvalue weighted by Gasteiger charge is -2.08. The Labute approximate surface area is 75.3 Å². The van der Waals surface area contributed by atoms with E-state index in [0.717, 1.165) is 10.6 Å². The molecule has 12 heavy (non-hydrogen) atoms. The molecule has 0 bridgehead atoms. The lowest BCUT2D eigenvalue weighted by Crippen LogP contribution is -2.17. The Balaban J connectivity index is 3.14. The SMILES string of the molecule is Cc1nc(C(C)(O)C#N)sc1C. The predicted octanol–water partition coefficient (Wildman–Crippen LogP) is 1.49. The van der Waals surface area contributed by atoms with Crippen LogP contribution in [0.3, 0.4) is 0 Å². The van der Waals surface area contributed by atoms with Crippen LogP contribution in [0.15, 0.2) is 0 Å². The number of nitriles is 1. The zero-order valence-electron chi connectivity index (χ0n) is 7.25. The lowest BCUT2D eigenvalue weighted by atomic mass is 10.1. The van der Waals surface area contributed by atoms with Crippen molar-refractivity contribution in [2.75, 3.05) is 0 Å². The second kappa shape index (κ2) is 2.85. The third-order valence-electron chi connectivity index (χ3n) is 1.66. The summed E-state index contributed by atoms with van der Waals surface area (Å²) < 4.78 is 0. The van der Waals surface area contributed by atoms with Crippen molar-refractivity contribution < 1.29 is 5.11 Å². The Kier molecular flexibility index (Phi) is 2.18. The normalized spacial score (nSPS) is 15.2. The molecule has 1 aromatic rings. The lowest BCUT2D eigenvalue weighted by molar-refractivity contribution is 0.119. The first-order chi connectivity index (χ1) is 5.47. The highest BCUT2D eigenvalue weighted by molar-refractivity contribution is 7.11. The minimum atomic E-state index is -1.44. The molecule has 3 nitrogen and oxygen atoms in total. The Bertz CT molecular complexity index is 316. The van der Waals surface area contributed by atoms with Gasteiger partial charge >= 0.3 is 0 Å². The fraction of sp³-hybridized carbons (Fsp3) is 0.500. The molecule has 1 N–H and O–H groups in total. The smallest absolute Gasteiger partial charge is 0.200 e.